The third-order valence-electron chi connectivity index (χ3n) is 2.86. The predicted molar refractivity (Wildman–Crippen MR) is 73.9 cm³/mol. The van der Waals surface area contributed by atoms with E-state index in [1.54, 1.807) is 13.3 Å². The molecule has 19 heavy (non-hydrogen) atoms. The molecule has 0 saturated heterocycles. The van der Waals surface area contributed by atoms with Gasteiger partial charge < -0.3 is 10.1 Å². The average molecular weight is 260 g/mol. The van der Waals surface area contributed by atoms with Gasteiger partial charge in [-0.2, -0.15) is 5.10 Å². The molecule has 0 aliphatic carbocycles. The van der Waals surface area contributed by atoms with Crippen LogP contribution in [-0.4, -0.2) is 21.9 Å². The van der Waals surface area contributed by atoms with Gasteiger partial charge >= 0.3 is 0 Å². The lowest BCUT2D eigenvalue weighted by molar-refractivity contribution is 0.390. The monoisotopic (exact) mass is 260 g/mol. The number of ether oxygens (including phenoxy) is 1. The molecule has 1 N–H and O–H groups in total. The number of pyridine rings is 1. The van der Waals surface area contributed by atoms with E-state index in [0.29, 0.717) is 18.5 Å². The molecule has 0 saturated carbocycles. The maximum atomic E-state index is 5.21. The first-order valence-electron chi connectivity index (χ1n) is 6.43. The first-order chi connectivity index (χ1) is 9.20. The number of nitrogens with one attached hydrogen (secondary N) is 1. The minimum absolute atomic E-state index is 0.396. The van der Waals surface area contributed by atoms with Crippen LogP contribution in [0.1, 0.15) is 31.1 Å². The Morgan fingerprint density at radius 3 is 2.84 bits per heavy atom. The van der Waals surface area contributed by atoms with Gasteiger partial charge in [0.25, 0.3) is 0 Å². The second-order valence-electron chi connectivity index (χ2n) is 4.66. The summed E-state index contributed by atoms with van der Waals surface area (Å²) in [5.41, 5.74) is 2.09. The van der Waals surface area contributed by atoms with Gasteiger partial charge in [0.2, 0.25) is 5.88 Å². The lowest BCUT2D eigenvalue weighted by Crippen LogP contribution is -2.14. The van der Waals surface area contributed by atoms with Crippen LogP contribution >= 0.6 is 0 Å². The molecule has 5 nitrogen and oxygen atoms in total. The van der Waals surface area contributed by atoms with Gasteiger partial charge in [-0.25, -0.2) is 4.98 Å². The second kappa shape index (κ2) is 6.33. The number of hydrogen-bond donors (Lipinski definition) is 1. The topological polar surface area (TPSA) is 52.0 Å². The largest absolute Gasteiger partial charge is 0.481 e. The molecule has 0 radical (unpaired) electrons. The number of rotatable bonds is 6. The lowest BCUT2D eigenvalue weighted by atomic mass is 10.2. The molecule has 2 rings (SSSR count). The number of aromatic nitrogens is 3. The molecule has 2 heterocycles. The van der Waals surface area contributed by atoms with Crippen LogP contribution in [0.25, 0.3) is 0 Å². The molecule has 2 aromatic heterocycles. The zero-order chi connectivity index (χ0) is 13.7. The fourth-order valence-corrected chi connectivity index (χ4v) is 1.83. The molecular weight excluding hydrogens is 240 g/mol. The summed E-state index contributed by atoms with van der Waals surface area (Å²) in [5, 5.41) is 7.84. The molecule has 0 bridgehead atoms. The van der Waals surface area contributed by atoms with Crippen molar-refractivity contribution in [2.24, 2.45) is 0 Å². The van der Waals surface area contributed by atoms with Crippen molar-refractivity contribution in [3.05, 3.63) is 41.9 Å². The highest BCUT2D eigenvalue weighted by Gasteiger charge is 2.04. The van der Waals surface area contributed by atoms with Gasteiger partial charge in [-0.3, -0.25) is 4.68 Å². The van der Waals surface area contributed by atoms with Gasteiger partial charge in [-0.05, 0) is 26.0 Å². The molecule has 0 amide bonds. The minimum Gasteiger partial charge on any atom is -0.481 e. The Balaban J connectivity index is 1.89. The normalized spacial score (nSPS) is 10.9. The van der Waals surface area contributed by atoms with E-state index in [0.717, 1.165) is 17.8 Å². The van der Waals surface area contributed by atoms with Crippen LogP contribution in [0.5, 0.6) is 5.88 Å². The van der Waals surface area contributed by atoms with Crippen LogP contribution < -0.4 is 10.1 Å². The smallest absolute Gasteiger partial charge is 0.217 e. The molecule has 0 fully saturated rings. The maximum Gasteiger partial charge on any atom is 0.217 e. The third kappa shape index (κ3) is 3.54. The van der Waals surface area contributed by atoms with Gasteiger partial charge in [0, 0.05) is 37.1 Å². The molecule has 0 spiro atoms. The van der Waals surface area contributed by atoms with Crippen LogP contribution in [0.15, 0.2) is 30.6 Å². The Morgan fingerprint density at radius 2 is 2.16 bits per heavy atom. The van der Waals surface area contributed by atoms with Crippen LogP contribution in [-0.2, 0) is 13.1 Å². The zero-order valence-corrected chi connectivity index (χ0v) is 11.6. The molecule has 0 aliphatic heterocycles. The molecule has 0 aliphatic rings. The molecule has 0 unspecified atom stereocenters. The molecule has 2 aromatic rings. The fraction of sp³-hybridized carbons (Fsp3) is 0.429. The van der Waals surface area contributed by atoms with Gasteiger partial charge in [0.1, 0.15) is 0 Å². The molecule has 5 heteroatoms. The number of methoxy groups -OCH3 is 1. The number of hydrogen-bond acceptors (Lipinski definition) is 4. The van der Waals surface area contributed by atoms with Crippen molar-refractivity contribution < 1.29 is 4.74 Å². The highest BCUT2D eigenvalue weighted by Crippen LogP contribution is 2.13. The van der Waals surface area contributed by atoms with Gasteiger partial charge in [-0.15, -0.1) is 0 Å². The Morgan fingerprint density at radius 1 is 1.32 bits per heavy atom. The van der Waals surface area contributed by atoms with Crippen LogP contribution in [0, 0.1) is 0 Å². The summed E-state index contributed by atoms with van der Waals surface area (Å²) >= 11 is 0. The molecule has 0 atom stereocenters. The summed E-state index contributed by atoms with van der Waals surface area (Å²) in [4.78, 5) is 4.17. The van der Waals surface area contributed by atoms with Crippen LogP contribution in [0.3, 0.4) is 0 Å². The Kier molecular flexibility index (Phi) is 4.52. The van der Waals surface area contributed by atoms with Gasteiger partial charge in [0.05, 0.1) is 12.8 Å². The fourth-order valence-electron chi connectivity index (χ4n) is 1.83. The SMILES string of the molecule is COc1ncccc1CNCc1ccn(C(C)C)n1. The van der Waals surface area contributed by atoms with Crippen molar-refractivity contribution in [3.63, 3.8) is 0 Å². The highest BCUT2D eigenvalue weighted by atomic mass is 16.5. The summed E-state index contributed by atoms with van der Waals surface area (Å²) in [6.45, 7) is 5.68. The average Bonchev–Trinajstić information content (AvgIpc) is 2.88. The highest BCUT2D eigenvalue weighted by molar-refractivity contribution is 5.25. The maximum absolute atomic E-state index is 5.21. The standard InChI is InChI=1S/C14H20N4O/c1-11(2)18-8-6-13(17-18)10-15-9-12-5-4-7-16-14(12)19-3/h4-8,11,15H,9-10H2,1-3H3. The Hall–Kier alpha value is -1.88. The van der Waals surface area contributed by atoms with Crippen molar-refractivity contribution >= 4 is 0 Å². The van der Waals surface area contributed by atoms with E-state index < -0.39 is 0 Å². The van der Waals surface area contributed by atoms with E-state index in [1.807, 2.05) is 29.1 Å². The van der Waals surface area contributed by atoms with Crippen molar-refractivity contribution in [2.45, 2.75) is 33.0 Å². The van der Waals surface area contributed by atoms with E-state index in [1.165, 1.54) is 0 Å². The first kappa shape index (κ1) is 13.5. The van der Waals surface area contributed by atoms with E-state index >= 15 is 0 Å². The van der Waals surface area contributed by atoms with Crippen molar-refractivity contribution in [2.75, 3.05) is 7.11 Å². The third-order valence-corrected chi connectivity index (χ3v) is 2.86. The molecular formula is C14H20N4O. The van der Waals surface area contributed by atoms with Crippen molar-refractivity contribution in [3.8, 4) is 5.88 Å². The summed E-state index contributed by atoms with van der Waals surface area (Å²) in [7, 11) is 1.64. The summed E-state index contributed by atoms with van der Waals surface area (Å²) < 4.78 is 7.17. The summed E-state index contributed by atoms with van der Waals surface area (Å²) in [5.74, 6) is 0.669. The van der Waals surface area contributed by atoms with Gasteiger partial charge in [-0.1, -0.05) is 6.07 Å². The minimum atomic E-state index is 0.396. The predicted octanol–water partition coefficient (Wildman–Crippen LogP) is 2.16. The molecule has 0 aromatic carbocycles. The second-order valence-corrected chi connectivity index (χ2v) is 4.66. The Bertz CT molecular complexity index is 522. The van der Waals surface area contributed by atoms with Crippen LogP contribution in [0.2, 0.25) is 0 Å². The van der Waals surface area contributed by atoms with E-state index in [2.05, 4.69) is 29.2 Å². The van der Waals surface area contributed by atoms with Crippen molar-refractivity contribution in [1.82, 2.24) is 20.1 Å². The van der Waals surface area contributed by atoms with Crippen LogP contribution in [0.4, 0.5) is 0 Å². The first-order valence-corrected chi connectivity index (χ1v) is 6.43. The quantitative estimate of drug-likeness (QED) is 0.864. The summed E-state index contributed by atoms with van der Waals surface area (Å²) in [6.07, 6.45) is 3.74. The lowest BCUT2D eigenvalue weighted by Gasteiger charge is -2.07. The van der Waals surface area contributed by atoms with E-state index in [-0.39, 0.29) is 0 Å². The zero-order valence-electron chi connectivity index (χ0n) is 11.6. The molecule has 102 valence electrons. The van der Waals surface area contributed by atoms with E-state index in [4.69, 9.17) is 4.74 Å². The van der Waals surface area contributed by atoms with Gasteiger partial charge in [0.15, 0.2) is 0 Å². The number of nitrogens with zero attached hydrogens (tertiary/aromatic N) is 3. The Labute approximate surface area is 113 Å². The van der Waals surface area contributed by atoms with E-state index in [9.17, 15) is 0 Å². The summed E-state index contributed by atoms with van der Waals surface area (Å²) in [6, 6.07) is 6.35. The van der Waals surface area contributed by atoms with Crippen molar-refractivity contribution in [1.29, 1.82) is 0 Å².